The molecular weight excluding hydrogens is 314 g/mol. The van der Waals surface area contributed by atoms with Crippen molar-refractivity contribution in [3.05, 3.63) is 47.5 Å². The van der Waals surface area contributed by atoms with Crippen molar-refractivity contribution in [1.82, 2.24) is 24.6 Å². The molecule has 0 aliphatic heterocycles. The molecule has 1 aliphatic rings. The summed E-state index contributed by atoms with van der Waals surface area (Å²) in [7, 11) is 0. The third-order valence-corrected chi connectivity index (χ3v) is 4.68. The Morgan fingerprint density at radius 1 is 1.28 bits per heavy atom. The molecule has 0 radical (unpaired) electrons. The number of aryl methyl sites for hydroxylation is 2. The van der Waals surface area contributed by atoms with Crippen molar-refractivity contribution >= 4 is 16.9 Å². The molecule has 3 aromatic rings. The summed E-state index contributed by atoms with van der Waals surface area (Å²) >= 11 is 0. The summed E-state index contributed by atoms with van der Waals surface area (Å²) in [5.74, 6) is 1.58. The largest absolute Gasteiger partial charge is 0.353 e. The molecule has 0 saturated heterocycles. The van der Waals surface area contributed by atoms with Crippen molar-refractivity contribution in [2.24, 2.45) is 0 Å². The maximum atomic E-state index is 12.4. The number of hydrogen-bond donors (Lipinski definition) is 1. The summed E-state index contributed by atoms with van der Waals surface area (Å²) in [4.78, 5) is 17.2. The van der Waals surface area contributed by atoms with Gasteiger partial charge in [-0.25, -0.2) is 4.98 Å². The third-order valence-electron chi connectivity index (χ3n) is 4.68. The standard InChI is InChI=1S/C19H23N5O/c1-13-11-14(2)24(22-13)10-9-20-18(25)12-23-17-6-4-3-5-16(17)21-19(23)15-7-8-15/h3-6,11,15H,7-10,12H2,1-2H3,(H,20,25). The van der Waals surface area contributed by atoms with Gasteiger partial charge in [-0.15, -0.1) is 0 Å². The topological polar surface area (TPSA) is 64.7 Å². The lowest BCUT2D eigenvalue weighted by Gasteiger charge is -2.10. The van der Waals surface area contributed by atoms with Gasteiger partial charge in [0.15, 0.2) is 0 Å². The lowest BCUT2D eigenvalue weighted by molar-refractivity contribution is -0.121. The summed E-state index contributed by atoms with van der Waals surface area (Å²) in [5, 5.41) is 7.43. The fraction of sp³-hybridized carbons (Fsp3) is 0.421. The molecule has 0 bridgehead atoms. The lowest BCUT2D eigenvalue weighted by atomic mass is 10.3. The molecular formula is C19H23N5O. The number of carbonyl (C=O) groups is 1. The van der Waals surface area contributed by atoms with Crippen LogP contribution in [0, 0.1) is 13.8 Å². The summed E-state index contributed by atoms with van der Waals surface area (Å²) in [5.41, 5.74) is 4.13. The van der Waals surface area contributed by atoms with Crippen LogP contribution < -0.4 is 5.32 Å². The first-order valence-electron chi connectivity index (χ1n) is 8.85. The number of para-hydroxylation sites is 2. The van der Waals surface area contributed by atoms with Crippen LogP contribution in [0.15, 0.2) is 30.3 Å². The molecule has 6 nitrogen and oxygen atoms in total. The molecule has 1 saturated carbocycles. The van der Waals surface area contributed by atoms with E-state index in [-0.39, 0.29) is 5.91 Å². The van der Waals surface area contributed by atoms with Gasteiger partial charge in [-0.05, 0) is 44.9 Å². The van der Waals surface area contributed by atoms with Gasteiger partial charge in [0, 0.05) is 18.2 Å². The zero-order valence-electron chi connectivity index (χ0n) is 14.7. The number of aromatic nitrogens is 4. The molecule has 1 amide bonds. The van der Waals surface area contributed by atoms with E-state index in [0.717, 1.165) is 28.2 Å². The van der Waals surface area contributed by atoms with Crippen molar-refractivity contribution in [3.8, 4) is 0 Å². The van der Waals surface area contributed by atoms with Crippen molar-refractivity contribution in [3.63, 3.8) is 0 Å². The van der Waals surface area contributed by atoms with Gasteiger partial charge in [0.25, 0.3) is 0 Å². The van der Waals surface area contributed by atoms with Crippen molar-refractivity contribution in [2.45, 2.75) is 45.7 Å². The predicted octanol–water partition coefficient (Wildman–Crippen LogP) is 2.54. The lowest BCUT2D eigenvalue weighted by Crippen LogP contribution is -2.31. The summed E-state index contributed by atoms with van der Waals surface area (Å²) in [6.45, 7) is 5.59. The highest BCUT2D eigenvalue weighted by Gasteiger charge is 2.30. The Labute approximate surface area is 146 Å². The molecule has 6 heteroatoms. The van der Waals surface area contributed by atoms with Gasteiger partial charge in [-0.1, -0.05) is 12.1 Å². The maximum Gasteiger partial charge on any atom is 0.240 e. The van der Waals surface area contributed by atoms with E-state index in [1.54, 1.807) is 0 Å². The number of benzene rings is 1. The normalized spacial score (nSPS) is 14.2. The third kappa shape index (κ3) is 3.29. The summed E-state index contributed by atoms with van der Waals surface area (Å²) in [6.07, 6.45) is 2.34. The van der Waals surface area contributed by atoms with Gasteiger partial charge < -0.3 is 9.88 Å². The van der Waals surface area contributed by atoms with Gasteiger partial charge in [0.1, 0.15) is 12.4 Å². The SMILES string of the molecule is Cc1cc(C)n(CCNC(=O)Cn2c(C3CC3)nc3ccccc32)n1. The molecule has 2 heterocycles. The minimum atomic E-state index is 0.0200. The molecule has 1 aromatic carbocycles. The second kappa shape index (κ2) is 6.35. The number of fused-ring (bicyclic) bond motifs is 1. The van der Waals surface area contributed by atoms with E-state index in [2.05, 4.69) is 15.0 Å². The Bertz CT molecular complexity index is 919. The second-order valence-corrected chi connectivity index (χ2v) is 6.82. The van der Waals surface area contributed by atoms with Gasteiger partial charge in [0.2, 0.25) is 5.91 Å². The molecule has 1 fully saturated rings. The van der Waals surface area contributed by atoms with Crippen LogP contribution in [-0.2, 0) is 17.9 Å². The number of amides is 1. The zero-order chi connectivity index (χ0) is 17.4. The Morgan fingerprint density at radius 3 is 2.80 bits per heavy atom. The highest BCUT2D eigenvalue weighted by molar-refractivity contribution is 5.81. The Balaban J connectivity index is 1.43. The first-order chi connectivity index (χ1) is 12.1. The van der Waals surface area contributed by atoms with E-state index < -0.39 is 0 Å². The van der Waals surface area contributed by atoms with Crippen LogP contribution in [0.2, 0.25) is 0 Å². The van der Waals surface area contributed by atoms with Crippen LogP contribution in [0.5, 0.6) is 0 Å². The number of nitrogens with one attached hydrogen (secondary N) is 1. The second-order valence-electron chi connectivity index (χ2n) is 6.82. The maximum absolute atomic E-state index is 12.4. The fourth-order valence-corrected chi connectivity index (χ4v) is 3.32. The van der Waals surface area contributed by atoms with E-state index in [9.17, 15) is 4.79 Å². The van der Waals surface area contributed by atoms with Crippen LogP contribution in [0.4, 0.5) is 0 Å². The number of nitrogens with zero attached hydrogens (tertiary/aromatic N) is 4. The van der Waals surface area contributed by atoms with Crippen LogP contribution in [0.1, 0.15) is 36.0 Å². The van der Waals surface area contributed by atoms with E-state index in [1.165, 1.54) is 12.8 Å². The highest BCUT2D eigenvalue weighted by Crippen LogP contribution is 2.40. The summed E-state index contributed by atoms with van der Waals surface area (Å²) in [6, 6.07) is 10.1. The average molecular weight is 337 g/mol. The molecule has 0 atom stereocenters. The molecule has 2 aromatic heterocycles. The number of rotatable bonds is 6. The molecule has 25 heavy (non-hydrogen) atoms. The Kier molecular flexibility index (Phi) is 4.03. The smallest absolute Gasteiger partial charge is 0.240 e. The molecule has 130 valence electrons. The van der Waals surface area contributed by atoms with Crippen LogP contribution in [0.25, 0.3) is 11.0 Å². The number of carbonyl (C=O) groups excluding carboxylic acids is 1. The number of imidazole rings is 1. The van der Waals surface area contributed by atoms with Crippen LogP contribution >= 0.6 is 0 Å². The van der Waals surface area contributed by atoms with Gasteiger partial charge in [-0.2, -0.15) is 5.10 Å². The first kappa shape index (κ1) is 15.9. The average Bonchev–Trinajstić information content (AvgIpc) is 3.30. The van der Waals surface area contributed by atoms with E-state index in [0.29, 0.717) is 25.6 Å². The molecule has 1 aliphatic carbocycles. The molecule has 0 unspecified atom stereocenters. The Morgan fingerprint density at radius 2 is 2.08 bits per heavy atom. The highest BCUT2D eigenvalue weighted by atomic mass is 16.1. The molecule has 1 N–H and O–H groups in total. The predicted molar refractivity (Wildman–Crippen MR) is 96.4 cm³/mol. The van der Waals surface area contributed by atoms with E-state index >= 15 is 0 Å². The quantitative estimate of drug-likeness (QED) is 0.752. The minimum absolute atomic E-state index is 0.0200. The van der Waals surface area contributed by atoms with E-state index in [4.69, 9.17) is 4.98 Å². The first-order valence-corrected chi connectivity index (χ1v) is 8.85. The fourth-order valence-electron chi connectivity index (χ4n) is 3.32. The zero-order valence-corrected chi connectivity index (χ0v) is 14.7. The van der Waals surface area contributed by atoms with Crippen LogP contribution in [0.3, 0.4) is 0 Å². The molecule has 4 rings (SSSR count). The van der Waals surface area contributed by atoms with E-state index in [1.807, 2.05) is 48.9 Å². The van der Waals surface area contributed by atoms with Crippen molar-refractivity contribution in [2.75, 3.05) is 6.54 Å². The monoisotopic (exact) mass is 337 g/mol. The minimum Gasteiger partial charge on any atom is -0.353 e. The summed E-state index contributed by atoms with van der Waals surface area (Å²) < 4.78 is 4.00. The number of hydrogen-bond acceptors (Lipinski definition) is 3. The van der Waals surface area contributed by atoms with Crippen molar-refractivity contribution < 1.29 is 4.79 Å². The van der Waals surface area contributed by atoms with Gasteiger partial charge in [-0.3, -0.25) is 9.48 Å². The van der Waals surface area contributed by atoms with Gasteiger partial charge in [0.05, 0.1) is 23.3 Å². The van der Waals surface area contributed by atoms with Gasteiger partial charge >= 0.3 is 0 Å². The molecule has 0 spiro atoms. The Hall–Kier alpha value is -2.63. The van der Waals surface area contributed by atoms with Crippen LogP contribution in [-0.4, -0.2) is 31.8 Å². The van der Waals surface area contributed by atoms with Crippen molar-refractivity contribution in [1.29, 1.82) is 0 Å².